The Morgan fingerprint density at radius 1 is 1.22 bits per heavy atom. The SMILES string of the molecule is CC(C)(C)OC(=O)N1CCCCC1CNCCN1CCSCC1. The van der Waals surface area contributed by atoms with Crippen LogP contribution in [0.5, 0.6) is 0 Å². The van der Waals surface area contributed by atoms with Crippen LogP contribution < -0.4 is 5.32 Å². The van der Waals surface area contributed by atoms with E-state index >= 15 is 0 Å². The molecule has 1 unspecified atom stereocenters. The van der Waals surface area contributed by atoms with Crippen LogP contribution in [0, 0.1) is 0 Å². The minimum absolute atomic E-state index is 0.156. The second-order valence-corrected chi connectivity index (χ2v) is 8.71. The van der Waals surface area contributed by atoms with Crippen LogP contribution in [-0.4, -0.2) is 78.3 Å². The van der Waals surface area contributed by atoms with E-state index in [1.54, 1.807) is 0 Å². The highest BCUT2D eigenvalue weighted by molar-refractivity contribution is 7.99. The van der Waals surface area contributed by atoms with Gasteiger partial charge >= 0.3 is 6.09 Å². The molecule has 0 bridgehead atoms. The zero-order valence-corrected chi connectivity index (χ0v) is 15.8. The number of nitrogens with zero attached hydrogens (tertiary/aromatic N) is 2. The summed E-state index contributed by atoms with van der Waals surface area (Å²) < 4.78 is 5.56. The summed E-state index contributed by atoms with van der Waals surface area (Å²) in [6.07, 6.45) is 3.21. The molecule has 1 amide bonds. The second-order valence-electron chi connectivity index (χ2n) is 7.48. The number of rotatable bonds is 5. The quantitative estimate of drug-likeness (QED) is 0.777. The second kappa shape index (κ2) is 9.14. The average molecular weight is 344 g/mol. The largest absolute Gasteiger partial charge is 0.444 e. The molecule has 1 atom stereocenters. The molecule has 2 rings (SSSR count). The maximum absolute atomic E-state index is 12.4. The summed E-state index contributed by atoms with van der Waals surface area (Å²) in [6, 6.07) is 0.274. The van der Waals surface area contributed by atoms with Gasteiger partial charge in [-0.15, -0.1) is 0 Å². The van der Waals surface area contributed by atoms with E-state index in [-0.39, 0.29) is 12.1 Å². The molecule has 134 valence electrons. The number of amides is 1. The Labute approximate surface area is 145 Å². The number of nitrogens with one attached hydrogen (secondary N) is 1. The molecule has 2 aliphatic heterocycles. The minimum atomic E-state index is -0.418. The van der Waals surface area contributed by atoms with Crippen LogP contribution in [-0.2, 0) is 4.74 Å². The molecular weight excluding hydrogens is 310 g/mol. The predicted octanol–water partition coefficient (Wildman–Crippen LogP) is 2.41. The summed E-state index contributed by atoms with van der Waals surface area (Å²) >= 11 is 2.05. The first-order valence-corrected chi connectivity index (χ1v) is 10.1. The fourth-order valence-electron chi connectivity index (χ4n) is 3.10. The lowest BCUT2D eigenvalue weighted by Gasteiger charge is -2.37. The maximum atomic E-state index is 12.4. The van der Waals surface area contributed by atoms with Crippen molar-refractivity contribution in [3.63, 3.8) is 0 Å². The molecule has 6 heteroatoms. The average Bonchev–Trinajstić information content (AvgIpc) is 2.51. The molecule has 0 saturated carbocycles. The van der Waals surface area contributed by atoms with Crippen LogP contribution in [0.3, 0.4) is 0 Å². The van der Waals surface area contributed by atoms with Gasteiger partial charge in [-0.3, -0.25) is 0 Å². The van der Waals surface area contributed by atoms with E-state index in [2.05, 4.69) is 10.2 Å². The molecule has 2 aliphatic rings. The standard InChI is InChI=1S/C17H33N3O2S/c1-17(2,3)22-16(21)20-8-5-4-6-15(20)14-18-7-9-19-10-12-23-13-11-19/h15,18H,4-14H2,1-3H3. The lowest BCUT2D eigenvalue weighted by atomic mass is 10.0. The number of hydrogen-bond donors (Lipinski definition) is 1. The van der Waals surface area contributed by atoms with Crippen molar-refractivity contribution in [2.24, 2.45) is 0 Å². The van der Waals surface area contributed by atoms with Crippen LogP contribution in [0.4, 0.5) is 4.79 Å². The zero-order valence-electron chi connectivity index (χ0n) is 15.0. The third-order valence-electron chi connectivity index (χ3n) is 4.34. The molecule has 2 saturated heterocycles. The van der Waals surface area contributed by atoms with Crippen molar-refractivity contribution >= 4 is 17.9 Å². The summed E-state index contributed by atoms with van der Waals surface area (Å²) in [5.41, 5.74) is -0.418. The first-order valence-electron chi connectivity index (χ1n) is 8.96. The highest BCUT2D eigenvalue weighted by Crippen LogP contribution is 2.20. The Morgan fingerprint density at radius 2 is 1.96 bits per heavy atom. The predicted molar refractivity (Wildman–Crippen MR) is 97.2 cm³/mol. The Kier molecular flexibility index (Phi) is 7.50. The molecule has 0 aromatic rings. The first kappa shape index (κ1) is 18.9. The van der Waals surface area contributed by atoms with Gasteiger partial charge in [-0.2, -0.15) is 11.8 Å². The van der Waals surface area contributed by atoms with Crippen molar-refractivity contribution in [3.8, 4) is 0 Å². The van der Waals surface area contributed by atoms with Crippen molar-refractivity contribution in [2.45, 2.75) is 51.7 Å². The van der Waals surface area contributed by atoms with Crippen LogP contribution in [0.15, 0.2) is 0 Å². The van der Waals surface area contributed by atoms with Gasteiger partial charge in [0.2, 0.25) is 0 Å². The van der Waals surface area contributed by atoms with Gasteiger partial charge in [0.15, 0.2) is 0 Å². The normalized spacial score (nSPS) is 23.8. The third kappa shape index (κ3) is 6.89. The third-order valence-corrected chi connectivity index (χ3v) is 5.29. The van der Waals surface area contributed by atoms with Crippen molar-refractivity contribution in [1.82, 2.24) is 15.1 Å². The summed E-state index contributed by atoms with van der Waals surface area (Å²) in [5.74, 6) is 2.52. The lowest BCUT2D eigenvalue weighted by molar-refractivity contribution is 0.00993. The zero-order chi connectivity index (χ0) is 16.7. The molecule has 0 aliphatic carbocycles. The van der Waals surface area contributed by atoms with E-state index in [1.165, 1.54) is 31.0 Å². The lowest BCUT2D eigenvalue weighted by Crippen LogP contribution is -2.50. The van der Waals surface area contributed by atoms with Crippen molar-refractivity contribution in [1.29, 1.82) is 0 Å². The van der Waals surface area contributed by atoms with Gasteiger partial charge in [-0.1, -0.05) is 0 Å². The monoisotopic (exact) mass is 343 g/mol. The van der Waals surface area contributed by atoms with E-state index in [0.717, 1.165) is 39.0 Å². The van der Waals surface area contributed by atoms with E-state index in [4.69, 9.17) is 4.74 Å². The molecule has 5 nitrogen and oxygen atoms in total. The molecule has 0 spiro atoms. The van der Waals surface area contributed by atoms with E-state index < -0.39 is 5.60 Å². The molecule has 0 aromatic heterocycles. The van der Waals surface area contributed by atoms with Gasteiger partial charge in [-0.25, -0.2) is 4.79 Å². The number of carbonyl (C=O) groups is 1. The fraction of sp³-hybridized carbons (Fsp3) is 0.941. The van der Waals surface area contributed by atoms with E-state index in [1.807, 2.05) is 37.4 Å². The van der Waals surface area contributed by atoms with Crippen LogP contribution in [0.25, 0.3) is 0 Å². The first-order chi connectivity index (χ1) is 11.0. The smallest absolute Gasteiger partial charge is 0.410 e. The summed E-state index contributed by atoms with van der Waals surface area (Å²) in [7, 11) is 0. The Bertz CT molecular complexity index is 367. The minimum Gasteiger partial charge on any atom is -0.444 e. The van der Waals surface area contributed by atoms with Crippen molar-refractivity contribution < 1.29 is 9.53 Å². The summed E-state index contributed by atoms with van der Waals surface area (Å²) in [6.45, 7) is 12.0. The fourth-order valence-corrected chi connectivity index (χ4v) is 4.08. The summed E-state index contributed by atoms with van der Waals surface area (Å²) in [4.78, 5) is 16.8. The Hall–Kier alpha value is -0.460. The number of likely N-dealkylation sites (tertiary alicyclic amines) is 1. The van der Waals surface area contributed by atoms with Gasteiger partial charge < -0.3 is 19.9 Å². The van der Waals surface area contributed by atoms with Crippen molar-refractivity contribution in [3.05, 3.63) is 0 Å². The summed E-state index contributed by atoms with van der Waals surface area (Å²) in [5, 5.41) is 3.55. The highest BCUT2D eigenvalue weighted by Gasteiger charge is 2.30. The molecule has 1 N–H and O–H groups in total. The molecule has 23 heavy (non-hydrogen) atoms. The number of ether oxygens (including phenoxy) is 1. The number of carbonyl (C=O) groups excluding carboxylic acids is 1. The molecule has 2 heterocycles. The maximum Gasteiger partial charge on any atom is 0.410 e. The topological polar surface area (TPSA) is 44.8 Å². The number of hydrogen-bond acceptors (Lipinski definition) is 5. The van der Waals surface area contributed by atoms with E-state index in [0.29, 0.717) is 0 Å². The number of piperidine rings is 1. The van der Waals surface area contributed by atoms with Crippen molar-refractivity contribution in [2.75, 3.05) is 50.8 Å². The van der Waals surface area contributed by atoms with Crippen LogP contribution in [0.2, 0.25) is 0 Å². The Morgan fingerprint density at radius 3 is 2.65 bits per heavy atom. The Balaban J connectivity index is 1.71. The van der Waals surface area contributed by atoms with Crippen LogP contribution >= 0.6 is 11.8 Å². The van der Waals surface area contributed by atoms with Gasteiger partial charge in [0.05, 0.1) is 0 Å². The van der Waals surface area contributed by atoms with Gasteiger partial charge in [0.25, 0.3) is 0 Å². The van der Waals surface area contributed by atoms with Crippen LogP contribution in [0.1, 0.15) is 40.0 Å². The van der Waals surface area contributed by atoms with E-state index in [9.17, 15) is 4.79 Å². The molecular formula is C17H33N3O2S. The molecule has 0 aromatic carbocycles. The highest BCUT2D eigenvalue weighted by atomic mass is 32.2. The molecule has 0 radical (unpaired) electrons. The van der Waals surface area contributed by atoms with Gasteiger partial charge in [-0.05, 0) is 40.0 Å². The van der Waals surface area contributed by atoms with Gasteiger partial charge in [0.1, 0.15) is 5.60 Å². The molecule has 2 fully saturated rings. The van der Waals surface area contributed by atoms with Gasteiger partial charge in [0, 0.05) is 56.8 Å². The number of thioether (sulfide) groups is 1.